The van der Waals surface area contributed by atoms with E-state index in [4.69, 9.17) is 9.47 Å². The van der Waals surface area contributed by atoms with Crippen LogP contribution in [0.1, 0.15) is 64.5 Å². The average Bonchev–Trinajstić information content (AvgIpc) is 2.64. The monoisotopic (exact) mass is 372 g/mol. The summed E-state index contributed by atoms with van der Waals surface area (Å²) in [5.41, 5.74) is 2.48. The van der Waals surface area contributed by atoms with E-state index >= 15 is 0 Å². The van der Waals surface area contributed by atoms with Gasteiger partial charge in [0, 0.05) is 16.7 Å². The largest absolute Gasteiger partial charge is 0.457 e. The van der Waals surface area contributed by atoms with Gasteiger partial charge in [0.15, 0.2) is 0 Å². The Balaban J connectivity index is 3.15. The Hall–Kier alpha value is -2.36. The van der Waals surface area contributed by atoms with Gasteiger partial charge < -0.3 is 9.47 Å². The Morgan fingerprint density at radius 3 is 2.30 bits per heavy atom. The molecular formula is C23H32O4. The molecule has 4 heteroatoms. The molecule has 0 heterocycles. The highest BCUT2D eigenvalue weighted by atomic mass is 16.5. The second kappa shape index (κ2) is 11.4. The van der Waals surface area contributed by atoms with E-state index in [1.54, 1.807) is 19.9 Å². The molecule has 1 rings (SSSR count). The molecule has 0 aliphatic rings. The molecule has 0 fully saturated rings. The lowest BCUT2D eigenvalue weighted by molar-refractivity contribution is -0.140. The average molecular weight is 373 g/mol. The fourth-order valence-corrected chi connectivity index (χ4v) is 2.76. The van der Waals surface area contributed by atoms with E-state index in [-0.39, 0.29) is 6.61 Å². The highest BCUT2D eigenvalue weighted by Crippen LogP contribution is 2.30. The van der Waals surface area contributed by atoms with E-state index in [0.29, 0.717) is 22.8 Å². The number of carbonyl (C=O) groups excluding carboxylic acids is 2. The predicted octanol–water partition coefficient (Wildman–Crippen LogP) is 5.55. The van der Waals surface area contributed by atoms with Crippen molar-refractivity contribution < 1.29 is 19.1 Å². The molecule has 0 bridgehead atoms. The van der Waals surface area contributed by atoms with Gasteiger partial charge in [-0.05, 0) is 37.8 Å². The third kappa shape index (κ3) is 7.41. The van der Waals surface area contributed by atoms with Crippen LogP contribution >= 0.6 is 0 Å². The van der Waals surface area contributed by atoms with Gasteiger partial charge in [0.1, 0.15) is 12.4 Å². The number of esters is 2. The molecule has 0 aliphatic heterocycles. The first-order valence-corrected chi connectivity index (χ1v) is 9.61. The Labute approximate surface area is 163 Å². The molecule has 1 aromatic rings. The van der Waals surface area contributed by atoms with E-state index < -0.39 is 11.9 Å². The number of carbonyl (C=O) groups is 2. The summed E-state index contributed by atoms with van der Waals surface area (Å²) in [6.45, 7) is 15.0. The van der Waals surface area contributed by atoms with Crippen LogP contribution in [0.5, 0.6) is 5.75 Å². The lowest BCUT2D eigenvalue weighted by Gasteiger charge is -2.20. The van der Waals surface area contributed by atoms with Crippen molar-refractivity contribution >= 4 is 11.9 Å². The fraction of sp³-hybridized carbons (Fsp3) is 0.478. The van der Waals surface area contributed by atoms with Crippen LogP contribution in [0.15, 0.2) is 42.5 Å². The van der Waals surface area contributed by atoms with Gasteiger partial charge in [0.25, 0.3) is 0 Å². The standard InChI is InChI=1S/C23H32O4/c1-7-9-11-18(8-2)14-20-19(15-26-22(24)16(3)4)12-10-13-21(20)27-23(25)17(5)6/h10,12-13,18H,3,5,7-9,11,14-15H2,1-2,4,6H3. The van der Waals surface area contributed by atoms with E-state index in [1.807, 2.05) is 12.1 Å². The van der Waals surface area contributed by atoms with Crippen molar-refractivity contribution in [1.82, 2.24) is 0 Å². The van der Waals surface area contributed by atoms with Crippen LogP contribution in [0.3, 0.4) is 0 Å². The van der Waals surface area contributed by atoms with Crippen LogP contribution in [0.4, 0.5) is 0 Å². The number of hydrogen-bond acceptors (Lipinski definition) is 4. The van der Waals surface area contributed by atoms with Crippen LogP contribution in [0.25, 0.3) is 0 Å². The van der Waals surface area contributed by atoms with Crippen molar-refractivity contribution in [2.75, 3.05) is 0 Å². The minimum absolute atomic E-state index is 0.129. The molecule has 0 radical (unpaired) electrons. The molecule has 0 saturated heterocycles. The lowest BCUT2D eigenvalue weighted by atomic mass is 9.89. The zero-order chi connectivity index (χ0) is 20.4. The highest BCUT2D eigenvalue weighted by Gasteiger charge is 2.18. The molecule has 4 nitrogen and oxygen atoms in total. The normalized spacial score (nSPS) is 11.6. The molecule has 1 atom stereocenters. The van der Waals surface area contributed by atoms with Crippen molar-refractivity contribution in [1.29, 1.82) is 0 Å². The minimum atomic E-state index is -0.450. The van der Waals surface area contributed by atoms with Gasteiger partial charge in [-0.2, -0.15) is 0 Å². The summed E-state index contributed by atoms with van der Waals surface area (Å²) >= 11 is 0. The summed E-state index contributed by atoms with van der Waals surface area (Å²) in [5, 5.41) is 0. The predicted molar refractivity (Wildman–Crippen MR) is 109 cm³/mol. The smallest absolute Gasteiger partial charge is 0.338 e. The van der Waals surface area contributed by atoms with Crippen molar-refractivity contribution in [3.63, 3.8) is 0 Å². The van der Waals surface area contributed by atoms with Crippen LogP contribution in [0, 0.1) is 5.92 Å². The summed E-state index contributed by atoms with van der Waals surface area (Å²) in [5.74, 6) is 0.115. The van der Waals surface area contributed by atoms with Gasteiger partial charge in [-0.3, -0.25) is 0 Å². The summed E-state index contributed by atoms with van der Waals surface area (Å²) < 4.78 is 10.9. The zero-order valence-corrected chi connectivity index (χ0v) is 17.1. The van der Waals surface area contributed by atoms with E-state index in [1.165, 1.54) is 0 Å². The Kier molecular flexibility index (Phi) is 9.55. The molecule has 0 saturated carbocycles. The van der Waals surface area contributed by atoms with Gasteiger partial charge in [-0.1, -0.05) is 64.8 Å². The minimum Gasteiger partial charge on any atom is -0.457 e. The fourth-order valence-electron chi connectivity index (χ4n) is 2.76. The molecule has 1 aromatic carbocycles. The maximum atomic E-state index is 12.0. The highest BCUT2D eigenvalue weighted by molar-refractivity contribution is 5.89. The van der Waals surface area contributed by atoms with Gasteiger partial charge in [0.2, 0.25) is 0 Å². The summed E-state index contributed by atoms with van der Waals surface area (Å²) in [6.07, 6.45) is 5.22. The number of benzene rings is 1. The molecule has 1 unspecified atom stereocenters. The second-order valence-corrected chi connectivity index (χ2v) is 7.04. The molecule has 148 valence electrons. The Morgan fingerprint density at radius 2 is 1.74 bits per heavy atom. The van der Waals surface area contributed by atoms with Crippen LogP contribution in [0.2, 0.25) is 0 Å². The maximum absolute atomic E-state index is 12.0. The number of unbranched alkanes of at least 4 members (excludes halogenated alkanes) is 1. The Morgan fingerprint density at radius 1 is 1.07 bits per heavy atom. The number of rotatable bonds is 11. The molecule has 0 amide bonds. The first-order valence-electron chi connectivity index (χ1n) is 9.61. The molecule has 0 aliphatic carbocycles. The second-order valence-electron chi connectivity index (χ2n) is 7.04. The van der Waals surface area contributed by atoms with E-state index in [2.05, 4.69) is 27.0 Å². The third-order valence-corrected chi connectivity index (χ3v) is 4.52. The van der Waals surface area contributed by atoms with Crippen molar-refractivity contribution in [2.45, 2.75) is 66.4 Å². The topological polar surface area (TPSA) is 52.6 Å². The van der Waals surface area contributed by atoms with E-state index in [9.17, 15) is 9.59 Å². The van der Waals surface area contributed by atoms with Gasteiger partial charge in [0.05, 0.1) is 0 Å². The molecule has 0 aromatic heterocycles. The molecular weight excluding hydrogens is 340 g/mol. The molecule has 0 spiro atoms. The van der Waals surface area contributed by atoms with Gasteiger partial charge >= 0.3 is 11.9 Å². The van der Waals surface area contributed by atoms with Crippen LogP contribution in [-0.4, -0.2) is 11.9 Å². The quantitative estimate of drug-likeness (QED) is 0.290. The summed E-state index contributed by atoms with van der Waals surface area (Å²) in [4.78, 5) is 23.8. The molecule has 0 N–H and O–H groups in total. The van der Waals surface area contributed by atoms with Crippen molar-refractivity contribution in [3.05, 3.63) is 53.6 Å². The van der Waals surface area contributed by atoms with Crippen LogP contribution in [-0.2, 0) is 27.4 Å². The molecule has 27 heavy (non-hydrogen) atoms. The number of ether oxygens (including phenoxy) is 2. The Bertz CT molecular complexity index is 688. The van der Waals surface area contributed by atoms with Gasteiger partial charge in [-0.15, -0.1) is 0 Å². The van der Waals surface area contributed by atoms with Crippen molar-refractivity contribution in [2.24, 2.45) is 5.92 Å². The number of hydrogen-bond donors (Lipinski definition) is 0. The van der Waals surface area contributed by atoms with Crippen LogP contribution < -0.4 is 4.74 Å². The first-order chi connectivity index (χ1) is 12.8. The van der Waals surface area contributed by atoms with Crippen molar-refractivity contribution in [3.8, 4) is 5.75 Å². The first kappa shape index (κ1) is 22.7. The SMILES string of the molecule is C=C(C)C(=O)OCc1cccc(OC(=O)C(=C)C)c1CC(CC)CCCC. The summed E-state index contributed by atoms with van der Waals surface area (Å²) in [7, 11) is 0. The maximum Gasteiger partial charge on any atom is 0.338 e. The van der Waals surface area contributed by atoms with Gasteiger partial charge in [-0.25, -0.2) is 9.59 Å². The van der Waals surface area contributed by atoms with E-state index in [0.717, 1.165) is 43.2 Å². The lowest BCUT2D eigenvalue weighted by Crippen LogP contribution is -2.14. The third-order valence-electron chi connectivity index (χ3n) is 4.52. The summed E-state index contributed by atoms with van der Waals surface area (Å²) in [6, 6.07) is 5.50. The zero-order valence-electron chi connectivity index (χ0n) is 17.1.